The Hall–Kier alpha value is -1.04. The molecule has 1 aromatic rings. The molecule has 0 saturated carbocycles. The smallest absolute Gasteiger partial charge is 0.129 e. The third kappa shape index (κ3) is 4.03. The van der Waals surface area contributed by atoms with Crippen molar-refractivity contribution in [3.63, 3.8) is 0 Å². The number of benzene rings is 1. The van der Waals surface area contributed by atoms with Gasteiger partial charge in [0.2, 0.25) is 0 Å². The van der Waals surface area contributed by atoms with Gasteiger partial charge in [0.05, 0.1) is 12.7 Å². The SMILES string of the molecule is CCN(CCO)CC(O)c1cc(F)ccc1F. The first-order valence-electron chi connectivity index (χ1n) is 5.54. The second-order valence-electron chi connectivity index (χ2n) is 3.80. The maximum Gasteiger partial charge on any atom is 0.129 e. The van der Waals surface area contributed by atoms with Gasteiger partial charge in [0.25, 0.3) is 0 Å². The van der Waals surface area contributed by atoms with E-state index in [-0.39, 0.29) is 18.7 Å². The van der Waals surface area contributed by atoms with Crippen LogP contribution < -0.4 is 0 Å². The lowest BCUT2D eigenvalue weighted by Crippen LogP contribution is -2.31. The highest BCUT2D eigenvalue weighted by Gasteiger charge is 2.16. The van der Waals surface area contributed by atoms with Gasteiger partial charge in [0.1, 0.15) is 11.6 Å². The Kier molecular flexibility index (Phi) is 5.47. The number of hydrogen-bond acceptors (Lipinski definition) is 3. The summed E-state index contributed by atoms with van der Waals surface area (Å²) in [6.07, 6.45) is -1.10. The summed E-state index contributed by atoms with van der Waals surface area (Å²) in [5, 5.41) is 18.6. The molecule has 1 rings (SSSR count). The largest absolute Gasteiger partial charge is 0.395 e. The van der Waals surface area contributed by atoms with E-state index in [1.807, 2.05) is 6.92 Å². The van der Waals surface area contributed by atoms with Crippen LogP contribution in [-0.4, -0.2) is 41.4 Å². The molecule has 5 heteroatoms. The normalized spacial score (nSPS) is 13.1. The van der Waals surface area contributed by atoms with Gasteiger partial charge in [-0.1, -0.05) is 6.92 Å². The molecule has 0 saturated heterocycles. The predicted octanol–water partition coefficient (Wildman–Crippen LogP) is 1.31. The van der Waals surface area contributed by atoms with Crippen LogP contribution in [0.4, 0.5) is 8.78 Å². The van der Waals surface area contributed by atoms with E-state index in [1.165, 1.54) is 0 Å². The lowest BCUT2D eigenvalue weighted by atomic mass is 10.1. The van der Waals surface area contributed by atoms with Crippen LogP contribution in [0.2, 0.25) is 0 Å². The number of halogens is 2. The molecule has 3 nitrogen and oxygen atoms in total. The zero-order chi connectivity index (χ0) is 12.8. The summed E-state index contributed by atoms with van der Waals surface area (Å²) in [5.41, 5.74) is -0.0543. The van der Waals surface area contributed by atoms with E-state index < -0.39 is 17.7 Å². The van der Waals surface area contributed by atoms with Crippen molar-refractivity contribution in [3.05, 3.63) is 35.4 Å². The summed E-state index contributed by atoms with van der Waals surface area (Å²) in [6, 6.07) is 3.00. The number of hydrogen-bond donors (Lipinski definition) is 2. The molecule has 0 aliphatic rings. The summed E-state index contributed by atoms with van der Waals surface area (Å²) < 4.78 is 26.3. The summed E-state index contributed by atoms with van der Waals surface area (Å²) in [4.78, 5) is 1.76. The molecule has 2 N–H and O–H groups in total. The minimum Gasteiger partial charge on any atom is -0.395 e. The number of rotatable bonds is 6. The first-order chi connectivity index (χ1) is 8.08. The molecule has 0 aliphatic carbocycles. The molecule has 0 radical (unpaired) electrons. The molecule has 0 aliphatic heterocycles. The van der Waals surface area contributed by atoms with E-state index in [0.29, 0.717) is 13.1 Å². The van der Waals surface area contributed by atoms with Crippen LogP contribution in [-0.2, 0) is 0 Å². The molecule has 1 aromatic carbocycles. The Labute approximate surface area is 99.3 Å². The van der Waals surface area contributed by atoms with Crippen LogP contribution in [0.1, 0.15) is 18.6 Å². The lowest BCUT2D eigenvalue weighted by Gasteiger charge is -2.23. The molecule has 0 fully saturated rings. The third-order valence-electron chi connectivity index (χ3n) is 2.61. The van der Waals surface area contributed by atoms with Crippen LogP contribution in [0.15, 0.2) is 18.2 Å². The van der Waals surface area contributed by atoms with Gasteiger partial charge in [0, 0.05) is 18.7 Å². The highest BCUT2D eigenvalue weighted by molar-refractivity contribution is 5.21. The van der Waals surface area contributed by atoms with Crippen molar-refractivity contribution in [2.75, 3.05) is 26.2 Å². The van der Waals surface area contributed by atoms with E-state index in [9.17, 15) is 13.9 Å². The van der Waals surface area contributed by atoms with Gasteiger partial charge in [0.15, 0.2) is 0 Å². The van der Waals surface area contributed by atoms with Gasteiger partial charge >= 0.3 is 0 Å². The maximum atomic E-state index is 13.4. The van der Waals surface area contributed by atoms with Crippen LogP contribution >= 0.6 is 0 Å². The standard InChI is InChI=1S/C12H17F2NO2/c1-2-15(5-6-16)8-12(17)10-7-9(13)3-4-11(10)14/h3-4,7,12,16-17H,2,5-6,8H2,1H3. The van der Waals surface area contributed by atoms with Gasteiger partial charge in [-0.3, -0.25) is 4.90 Å². The van der Waals surface area contributed by atoms with Gasteiger partial charge < -0.3 is 10.2 Å². The summed E-state index contributed by atoms with van der Waals surface area (Å²) in [6.45, 7) is 3.01. The molecule has 1 unspecified atom stereocenters. The van der Waals surface area contributed by atoms with Gasteiger partial charge in [-0.05, 0) is 24.7 Å². The third-order valence-corrected chi connectivity index (χ3v) is 2.61. The van der Waals surface area contributed by atoms with E-state index in [1.54, 1.807) is 4.90 Å². The number of aliphatic hydroxyl groups excluding tert-OH is 2. The summed E-state index contributed by atoms with van der Waals surface area (Å²) in [5.74, 6) is -1.20. The molecule has 0 aromatic heterocycles. The zero-order valence-corrected chi connectivity index (χ0v) is 9.74. The number of nitrogens with zero attached hydrogens (tertiary/aromatic N) is 1. The first kappa shape index (κ1) is 14.0. The average molecular weight is 245 g/mol. The van der Waals surface area contributed by atoms with Crippen LogP contribution in [0.25, 0.3) is 0 Å². The fourth-order valence-corrected chi connectivity index (χ4v) is 1.63. The average Bonchev–Trinajstić information content (AvgIpc) is 2.31. The molecule has 0 amide bonds. The Morgan fingerprint density at radius 1 is 1.35 bits per heavy atom. The summed E-state index contributed by atoms with van der Waals surface area (Å²) in [7, 11) is 0. The van der Waals surface area contributed by atoms with E-state index >= 15 is 0 Å². The molecule has 0 spiro atoms. The molecular formula is C12H17F2NO2. The first-order valence-corrected chi connectivity index (χ1v) is 5.54. The molecule has 96 valence electrons. The second kappa shape index (κ2) is 6.64. The Bertz CT molecular complexity index is 360. The van der Waals surface area contributed by atoms with Crippen molar-refractivity contribution in [1.29, 1.82) is 0 Å². The monoisotopic (exact) mass is 245 g/mol. The van der Waals surface area contributed by atoms with Gasteiger partial charge in [-0.15, -0.1) is 0 Å². The maximum absolute atomic E-state index is 13.4. The molecule has 0 bridgehead atoms. The van der Waals surface area contributed by atoms with E-state index in [0.717, 1.165) is 18.2 Å². The molecule has 17 heavy (non-hydrogen) atoms. The highest BCUT2D eigenvalue weighted by Crippen LogP contribution is 2.19. The lowest BCUT2D eigenvalue weighted by molar-refractivity contribution is 0.100. The minimum atomic E-state index is -1.10. The zero-order valence-electron chi connectivity index (χ0n) is 9.74. The van der Waals surface area contributed by atoms with Crippen molar-refractivity contribution in [2.24, 2.45) is 0 Å². The van der Waals surface area contributed by atoms with Crippen molar-refractivity contribution in [3.8, 4) is 0 Å². The van der Waals surface area contributed by atoms with Gasteiger partial charge in [-0.25, -0.2) is 8.78 Å². The fourth-order valence-electron chi connectivity index (χ4n) is 1.63. The fraction of sp³-hybridized carbons (Fsp3) is 0.500. The number of aliphatic hydroxyl groups is 2. The topological polar surface area (TPSA) is 43.7 Å². The predicted molar refractivity (Wildman–Crippen MR) is 60.5 cm³/mol. The molecular weight excluding hydrogens is 228 g/mol. The van der Waals surface area contributed by atoms with Crippen LogP contribution in [0.3, 0.4) is 0 Å². The molecule has 0 heterocycles. The Balaban J connectivity index is 2.74. The minimum absolute atomic E-state index is 0.0355. The quantitative estimate of drug-likeness (QED) is 0.794. The summed E-state index contributed by atoms with van der Waals surface area (Å²) >= 11 is 0. The Morgan fingerprint density at radius 3 is 2.65 bits per heavy atom. The van der Waals surface area contributed by atoms with Crippen LogP contribution in [0, 0.1) is 11.6 Å². The van der Waals surface area contributed by atoms with Gasteiger partial charge in [-0.2, -0.15) is 0 Å². The highest BCUT2D eigenvalue weighted by atomic mass is 19.1. The second-order valence-corrected chi connectivity index (χ2v) is 3.80. The van der Waals surface area contributed by atoms with Crippen molar-refractivity contribution in [2.45, 2.75) is 13.0 Å². The van der Waals surface area contributed by atoms with E-state index in [2.05, 4.69) is 0 Å². The van der Waals surface area contributed by atoms with Crippen molar-refractivity contribution >= 4 is 0 Å². The van der Waals surface area contributed by atoms with Crippen molar-refractivity contribution < 1.29 is 19.0 Å². The number of likely N-dealkylation sites (N-methyl/N-ethyl adjacent to an activating group) is 1. The molecule has 1 atom stereocenters. The van der Waals surface area contributed by atoms with E-state index in [4.69, 9.17) is 5.11 Å². The Morgan fingerprint density at radius 2 is 2.06 bits per heavy atom. The van der Waals surface area contributed by atoms with Crippen molar-refractivity contribution in [1.82, 2.24) is 4.90 Å². The van der Waals surface area contributed by atoms with Crippen LogP contribution in [0.5, 0.6) is 0 Å².